The molecule has 4 aliphatic heterocycles. The monoisotopic (exact) mass is 1300 g/mol. The minimum absolute atomic E-state index is 0.00806. The maximum Gasteiger partial charge on any atom is 0.373 e. The van der Waals surface area contributed by atoms with Crippen molar-refractivity contribution < 1.29 is 144 Å². The van der Waals surface area contributed by atoms with Crippen molar-refractivity contribution in [3.05, 3.63) is 49.6 Å². The van der Waals surface area contributed by atoms with Crippen LogP contribution >= 0.6 is 0 Å². The highest BCUT2D eigenvalue weighted by Gasteiger charge is 2.71. The Labute approximate surface area is 525 Å². The first kappa shape index (κ1) is 70.7. The molecule has 12 rings (SSSR count). The van der Waals surface area contributed by atoms with Crippen molar-refractivity contribution in [1.29, 1.82) is 0 Å². The summed E-state index contributed by atoms with van der Waals surface area (Å²) < 4.78 is 60.7. The van der Waals surface area contributed by atoms with Gasteiger partial charge in [0.1, 0.15) is 77.3 Å². The van der Waals surface area contributed by atoms with Crippen LogP contribution in [0.2, 0.25) is 0 Å². The number of carbonyl (C=O) groups excluding carboxylic acids is 16. The molecule has 2 N–H and O–H groups in total. The van der Waals surface area contributed by atoms with Crippen LogP contribution in [0, 0.1) is 107 Å². The molecule has 8 bridgehead atoms. The SMILES string of the molecule is C=C(C)C(=O)OCCOC(=O)C1C2CC3C(OC(=O)C31)C2C.C=C(C)C(=O)OCCOC(=O)C1C2CC3C(OC(=O)C31)C2O.C=CC(=O)OCCOC(=O)C1C2CC3C(OC(=O)C31)C2C.C=CC(=O)OCCOC(=O)C1C2CC3C(OC(=O)C31)C2O.O=C=O.O=C=O. The number of hydrogen-bond acceptors (Lipinski definition) is 30. The van der Waals surface area contributed by atoms with Gasteiger partial charge in [-0.25, -0.2) is 19.2 Å². The highest BCUT2D eigenvalue weighted by atomic mass is 16.6. The van der Waals surface area contributed by atoms with Crippen LogP contribution < -0.4 is 0 Å². The van der Waals surface area contributed by atoms with E-state index in [1.807, 2.05) is 13.8 Å². The average molecular weight is 1300 g/mol. The molecule has 0 aromatic rings. The third-order valence-corrected chi connectivity index (χ3v) is 19.5. The quantitative estimate of drug-likeness (QED) is 0.0694. The van der Waals surface area contributed by atoms with Crippen molar-refractivity contribution in [1.82, 2.24) is 0 Å². The number of hydrogen-bond donors (Lipinski definition) is 2. The van der Waals surface area contributed by atoms with Crippen molar-refractivity contribution in [2.75, 3.05) is 52.9 Å². The summed E-state index contributed by atoms with van der Waals surface area (Å²) in [6, 6.07) is 0. The normalized spacial score (nSPS) is 36.1. The van der Waals surface area contributed by atoms with Crippen molar-refractivity contribution >= 4 is 83.9 Å². The first-order valence-electron chi connectivity index (χ1n) is 29.8. The molecule has 4 heterocycles. The Balaban J connectivity index is 0.000000169. The van der Waals surface area contributed by atoms with Crippen LogP contribution in [0.25, 0.3) is 0 Å². The molecule has 8 aliphatic carbocycles. The van der Waals surface area contributed by atoms with E-state index >= 15 is 0 Å². The molecule has 24 atom stereocenters. The Bertz CT molecular complexity index is 2830. The van der Waals surface area contributed by atoms with Gasteiger partial charge in [0.2, 0.25) is 0 Å². The summed E-state index contributed by atoms with van der Waals surface area (Å²) in [6.07, 6.45) is 2.90. The first-order chi connectivity index (χ1) is 43.7. The molecule has 30 heteroatoms. The van der Waals surface area contributed by atoms with Crippen molar-refractivity contribution in [2.45, 2.75) is 90.0 Å². The van der Waals surface area contributed by atoms with Gasteiger partial charge in [0.25, 0.3) is 0 Å². The largest absolute Gasteiger partial charge is 0.462 e. The molecule has 0 amide bonds. The second-order valence-electron chi connectivity index (χ2n) is 24.2. The highest BCUT2D eigenvalue weighted by Crippen LogP contribution is 2.63. The summed E-state index contributed by atoms with van der Waals surface area (Å²) in [6.45, 7) is 20.2. The van der Waals surface area contributed by atoms with E-state index in [9.17, 15) is 67.7 Å². The van der Waals surface area contributed by atoms with Gasteiger partial charge >= 0.3 is 83.9 Å². The molecule has 0 radical (unpaired) electrons. The number of carbonyl (C=O) groups is 12. The van der Waals surface area contributed by atoms with Crippen LogP contribution in [-0.2, 0) is 134 Å². The molecular weight excluding hydrogens is 1220 g/mol. The third-order valence-electron chi connectivity index (χ3n) is 19.5. The van der Waals surface area contributed by atoms with Gasteiger partial charge in [0.15, 0.2) is 0 Å². The van der Waals surface area contributed by atoms with E-state index in [0.717, 1.165) is 25.0 Å². The Hall–Kier alpha value is -8.72. The summed E-state index contributed by atoms with van der Waals surface area (Å²) in [5.74, 6) is -9.05. The second-order valence-corrected chi connectivity index (χ2v) is 24.2. The molecule has 500 valence electrons. The predicted octanol–water partition coefficient (Wildman–Crippen LogP) is -0.128. The van der Waals surface area contributed by atoms with Gasteiger partial charge in [0, 0.05) is 58.8 Å². The van der Waals surface area contributed by atoms with Crippen molar-refractivity contribution in [3.63, 3.8) is 0 Å². The van der Waals surface area contributed by atoms with E-state index in [4.69, 9.17) is 76.0 Å². The Morgan fingerprint density at radius 1 is 0.413 bits per heavy atom. The van der Waals surface area contributed by atoms with E-state index < -0.39 is 108 Å². The molecule has 92 heavy (non-hydrogen) atoms. The molecule has 0 spiro atoms. The number of fused-ring (bicyclic) bond motifs is 4. The maximum atomic E-state index is 12.3. The Morgan fingerprint density at radius 3 is 0.913 bits per heavy atom. The highest BCUT2D eigenvalue weighted by molar-refractivity contribution is 5.90. The molecule has 0 aromatic heterocycles. The molecule has 8 saturated carbocycles. The molecule has 12 aliphatic rings. The zero-order chi connectivity index (χ0) is 67.7. The van der Waals surface area contributed by atoms with E-state index in [2.05, 4.69) is 26.3 Å². The maximum absolute atomic E-state index is 12.3. The van der Waals surface area contributed by atoms with Crippen molar-refractivity contribution in [2.24, 2.45) is 107 Å². The minimum Gasteiger partial charge on any atom is -0.462 e. The molecule has 4 saturated heterocycles. The number of ether oxygens (including phenoxy) is 12. The van der Waals surface area contributed by atoms with Gasteiger partial charge in [-0.3, -0.25) is 38.4 Å². The Morgan fingerprint density at radius 2 is 0.641 bits per heavy atom. The Kier molecular flexibility index (Phi) is 23.5. The van der Waals surface area contributed by atoms with Gasteiger partial charge in [-0.05, 0) is 63.2 Å². The van der Waals surface area contributed by atoms with Crippen LogP contribution in [0.5, 0.6) is 0 Å². The molecule has 30 nitrogen and oxygen atoms in total. The number of aliphatic hydroxyl groups excluding tert-OH is 2. The summed E-state index contributed by atoms with van der Waals surface area (Å²) in [5.41, 5.74) is 0.565. The lowest BCUT2D eigenvalue weighted by atomic mass is 9.75. The van der Waals surface area contributed by atoms with Gasteiger partial charge in [-0.2, -0.15) is 19.2 Å². The third kappa shape index (κ3) is 14.3. The van der Waals surface area contributed by atoms with Gasteiger partial charge in [0.05, 0.1) is 59.6 Å². The van der Waals surface area contributed by atoms with E-state index in [0.29, 0.717) is 18.4 Å². The van der Waals surface area contributed by atoms with Gasteiger partial charge < -0.3 is 67.1 Å². The fourth-order valence-corrected chi connectivity index (χ4v) is 16.0. The molecule has 24 unspecified atom stereocenters. The molecule has 12 fully saturated rings. The first-order valence-corrected chi connectivity index (χ1v) is 29.8. The fraction of sp³-hybridized carbons (Fsp3) is 0.645. The molecule has 0 aromatic carbocycles. The summed E-state index contributed by atoms with van der Waals surface area (Å²) >= 11 is 0. The lowest BCUT2D eigenvalue weighted by Gasteiger charge is -2.27. The van der Waals surface area contributed by atoms with Gasteiger partial charge in [-0.15, -0.1) is 0 Å². The molecular formula is C62H72O30. The van der Waals surface area contributed by atoms with Crippen LogP contribution in [-0.4, -0.2) is 184 Å². The van der Waals surface area contributed by atoms with Crippen molar-refractivity contribution in [3.8, 4) is 0 Å². The number of aliphatic hydroxyl groups is 2. The van der Waals surface area contributed by atoms with Crippen LogP contribution in [0.3, 0.4) is 0 Å². The minimum atomic E-state index is -0.800. The summed E-state index contributed by atoms with van der Waals surface area (Å²) in [7, 11) is 0. The fourth-order valence-electron chi connectivity index (χ4n) is 16.0. The lowest BCUT2D eigenvalue weighted by molar-refractivity contribution is -0.193. The zero-order valence-corrected chi connectivity index (χ0v) is 50.7. The number of esters is 12. The number of rotatable bonds is 20. The van der Waals surface area contributed by atoms with E-state index in [1.54, 1.807) is 6.92 Å². The van der Waals surface area contributed by atoms with Crippen LogP contribution in [0.15, 0.2) is 49.6 Å². The van der Waals surface area contributed by atoms with Crippen LogP contribution in [0.4, 0.5) is 0 Å². The average Bonchev–Trinajstić information content (AvgIpc) is 1.60. The van der Waals surface area contributed by atoms with Crippen LogP contribution in [0.1, 0.15) is 53.4 Å². The predicted molar refractivity (Wildman–Crippen MR) is 292 cm³/mol. The lowest BCUT2D eigenvalue weighted by Crippen LogP contribution is -2.41. The van der Waals surface area contributed by atoms with E-state index in [1.165, 1.54) is 6.92 Å². The van der Waals surface area contributed by atoms with E-state index in [-0.39, 0.29) is 178 Å². The summed E-state index contributed by atoms with van der Waals surface area (Å²) in [5, 5.41) is 20.1. The topological polar surface area (TPSA) is 424 Å². The smallest absolute Gasteiger partial charge is 0.373 e. The second kappa shape index (κ2) is 30.6. The standard InChI is InChI=1S/C16H20O6.C15H18O7.C15H18O6.C14H16O7.2CO2/c1-7(2)14(17)20-4-5-21-15(18)11-9-6-10-12(11)16(19)22-13(10)8(9)3;1-6(2)13(17)20-3-4-21-14(18)9-7-5-8-10(9)15(19)22-12(8)11(7)16;1-3-10(16)19-4-5-20-14(17)11-8-6-9-12(11)15(18)21-13(9)7(8)2;1-2-8(15)19-3-4-20-13(17)9-6-5-7-10(9)14(18)21-12(7)11(6)16;2*2-1-3/h8-13H,1,4-6H2,2-3H3;7-12,16H,1,3-5H2,2H3;3,7-9,11-13H,1,4-6H2,2H3;2,6-7,9-12,16H,1,3-5H2;;. The van der Waals surface area contributed by atoms with Gasteiger partial charge in [-0.1, -0.05) is 40.2 Å². The summed E-state index contributed by atoms with van der Waals surface area (Å²) in [4.78, 5) is 173. The zero-order valence-electron chi connectivity index (χ0n) is 50.7.